The van der Waals surface area contributed by atoms with Crippen molar-refractivity contribution in [3.63, 3.8) is 0 Å². The van der Waals surface area contributed by atoms with Crippen LogP contribution in [0.1, 0.15) is 40.0 Å². The third-order valence-corrected chi connectivity index (χ3v) is 6.92. The van der Waals surface area contributed by atoms with Gasteiger partial charge in [-0.2, -0.15) is 0 Å². The van der Waals surface area contributed by atoms with E-state index in [4.69, 9.17) is 4.74 Å². The van der Waals surface area contributed by atoms with Gasteiger partial charge in [-0.25, -0.2) is 14.0 Å². The number of esters is 1. The van der Waals surface area contributed by atoms with Gasteiger partial charge in [-0.1, -0.05) is 29.8 Å². The number of ether oxygens (including phenoxy) is 1. The molecule has 2 aromatic rings. The van der Waals surface area contributed by atoms with Crippen molar-refractivity contribution in [2.45, 2.75) is 26.8 Å². The zero-order valence-electron chi connectivity index (χ0n) is 21.7. The van der Waals surface area contributed by atoms with Gasteiger partial charge >= 0.3 is 12.0 Å². The molecule has 0 aromatic heterocycles. The van der Waals surface area contributed by atoms with E-state index in [-0.39, 0.29) is 18.5 Å². The Labute approximate surface area is 216 Å². The average molecular weight is 509 g/mol. The molecule has 1 atom stereocenters. The van der Waals surface area contributed by atoms with Gasteiger partial charge in [-0.3, -0.25) is 14.6 Å². The number of aryl methyl sites for hydroxylation is 2. The second-order valence-corrected chi connectivity index (χ2v) is 9.46. The summed E-state index contributed by atoms with van der Waals surface area (Å²) in [5.74, 6) is -1.12. The number of halogens is 1. The molecule has 2 aromatic carbocycles. The summed E-state index contributed by atoms with van der Waals surface area (Å²) in [7, 11) is 1.65. The zero-order chi connectivity index (χ0) is 26.7. The van der Waals surface area contributed by atoms with E-state index < -0.39 is 17.8 Å². The number of rotatable bonds is 6. The summed E-state index contributed by atoms with van der Waals surface area (Å²) in [6.45, 7) is 8.24. The van der Waals surface area contributed by atoms with Gasteiger partial charge in [0, 0.05) is 51.0 Å². The minimum atomic E-state index is -0.631. The molecule has 196 valence electrons. The van der Waals surface area contributed by atoms with Crippen molar-refractivity contribution < 1.29 is 23.5 Å². The molecule has 0 radical (unpaired) electrons. The predicted molar refractivity (Wildman–Crippen MR) is 137 cm³/mol. The number of piperazine rings is 1. The van der Waals surface area contributed by atoms with Crippen LogP contribution in [0.5, 0.6) is 0 Å². The van der Waals surface area contributed by atoms with Gasteiger partial charge in [0.05, 0.1) is 18.2 Å². The summed E-state index contributed by atoms with van der Waals surface area (Å²) in [5.41, 5.74) is 4.16. The van der Waals surface area contributed by atoms with Gasteiger partial charge in [0.15, 0.2) is 0 Å². The minimum Gasteiger partial charge on any atom is -0.463 e. The van der Waals surface area contributed by atoms with Gasteiger partial charge < -0.3 is 15.0 Å². The van der Waals surface area contributed by atoms with Gasteiger partial charge in [-0.05, 0) is 50.1 Å². The van der Waals surface area contributed by atoms with Crippen LogP contribution >= 0.6 is 0 Å². The fourth-order valence-corrected chi connectivity index (χ4v) is 4.83. The standard InChI is InChI=1S/C28H33FN4O4/c1-5-37-27(35)24-23(31(4)28(36)30-25(24)22-15-18(2)9-10-19(22)3)17-32-11-13-33(14-12-32)26(34)20-7-6-8-21(29)16-20/h6-10,15-16,25H,5,11-14,17H2,1-4H3,(H,30,36). The van der Waals surface area contributed by atoms with Crippen molar-refractivity contribution in [1.82, 2.24) is 20.0 Å². The second-order valence-electron chi connectivity index (χ2n) is 9.46. The quantitative estimate of drug-likeness (QED) is 0.605. The molecule has 0 saturated carbocycles. The topological polar surface area (TPSA) is 82.2 Å². The van der Waals surface area contributed by atoms with Crippen molar-refractivity contribution in [3.05, 3.63) is 81.8 Å². The van der Waals surface area contributed by atoms with Crippen LogP contribution in [0.3, 0.4) is 0 Å². The molecule has 1 unspecified atom stereocenters. The van der Waals surface area contributed by atoms with E-state index in [2.05, 4.69) is 10.2 Å². The third kappa shape index (κ3) is 5.67. The fraction of sp³-hybridized carbons (Fsp3) is 0.393. The van der Waals surface area contributed by atoms with E-state index in [1.807, 2.05) is 32.0 Å². The highest BCUT2D eigenvalue weighted by molar-refractivity contribution is 5.95. The normalized spacial score (nSPS) is 18.6. The first-order chi connectivity index (χ1) is 17.7. The van der Waals surface area contributed by atoms with Crippen LogP contribution in [-0.4, -0.2) is 79.0 Å². The number of nitrogens with one attached hydrogen (secondary N) is 1. The molecule has 2 heterocycles. The van der Waals surface area contributed by atoms with Crippen LogP contribution in [-0.2, 0) is 9.53 Å². The van der Waals surface area contributed by atoms with E-state index in [0.717, 1.165) is 16.7 Å². The first-order valence-electron chi connectivity index (χ1n) is 12.5. The number of hydrogen-bond donors (Lipinski definition) is 1. The van der Waals surface area contributed by atoms with Crippen molar-refractivity contribution in [3.8, 4) is 0 Å². The molecule has 9 heteroatoms. The molecule has 2 aliphatic heterocycles. The summed E-state index contributed by atoms with van der Waals surface area (Å²) in [6.07, 6.45) is 0. The number of urea groups is 1. The lowest BCUT2D eigenvalue weighted by molar-refractivity contribution is -0.139. The highest BCUT2D eigenvalue weighted by Gasteiger charge is 2.38. The first-order valence-corrected chi connectivity index (χ1v) is 12.5. The summed E-state index contributed by atoms with van der Waals surface area (Å²) in [4.78, 5) is 44.4. The zero-order valence-corrected chi connectivity index (χ0v) is 21.7. The number of benzene rings is 2. The molecule has 37 heavy (non-hydrogen) atoms. The molecular weight excluding hydrogens is 475 g/mol. The molecule has 1 fully saturated rings. The van der Waals surface area contributed by atoms with E-state index in [0.29, 0.717) is 49.6 Å². The largest absolute Gasteiger partial charge is 0.463 e. The van der Waals surface area contributed by atoms with E-state index in [1.165, 1.54) is 23.1 Å². The smallest absolute Gasteiger partial charge is 0.338 e. The summed E-state index contributed by atoms with van der Waals surface area (Å²) < 4.78 is 19.0. The number of carbonyl (C=O) groups excluding carboxylic acids is 3. The Balaban J connectivity index is 1.59. The Hall–Kier alpha value is -3.72. The Kier molecular flexibility index (Phi) is 7.92. The SMILES string of the molecule is CCOC(=O)C1=C(CN2CCN(C(=O)c3cccc(F)c3)CC2)N(C)C(=O)NC1c1cc(C)ccc1C. The molecule has 1 N–H and O–H groups in total. The molecular formula is C28H33FN4O4. The Morgan fingerprint density at radius 2 is 1.81 bits per heavy atom. The van der Waals surface area contributed by atoms with Crippen molar-refractivity contribution in [2.75, 3.05) is 46.4 Å². The maximum Gasteiger partial charge on any atom is 0.338 e. The lowest BCUT2D eigenvalue weighted by Crippen LogP contribution is -2.53. The maximum atomic E-state index is 13.6. The number of likely N-dealkylation sites (N-methyl/N-ethyl adjacent to an activating group) is 1. The van der Waals surface area contributed by atoms with Gasteiger partial charge in [-0.15, -0.1) is 0 Å². The van der Waals surface area contributed by atoms with Crippen LogP contribution in [0.2, 0.25) is 0 Å². The van der Waals surface area contributed by atoms with E-state index in [9.17, 15) is 18.8 Å². The fourth-order valence-electron chi connectivity index (χ4n) is 4.83. The van der Waals surface area contributed by atoms with E-state index in [1.54, 1.807) is 24.9 Å². The van der Waals surface area contributed by atoms with Gasteiger partial charge in [0.1, 0.15) is 5.82 Å². The van der Waals surface area contributed by atoms with Crippen LogP contribution in [0, 0.1) is 19.7 Å². The lowest BCUT2D eigenvalue weighted by atomic mass is 9.90. The maximum absolute atomic E-state index is 13.6. The minimum absolute atomic E-state index is 0.213. The molecule has 0 bridgehead atoms. The summed E-state index contributed by atoms with van der Waals surface area (Å²) in [5, 5.41) is 2.98. The van der Waals surface area contributed by atoms with Gasteiger partial charge in [0.25, 0.3) is 5.91 Å². The molecule has 4 rings (SSSR count). The predicted octanol–water partition coefficient (Wildman–Crippen LogP) is 3.41. The number of nitrogens with zero attached hydrogens (tertiary/aromatic N) is 3. The average Bonchev–Trinajstić information content (AvgIpc) is 2.88. The van der Waals surface area contributed by atoms with Gasteiger partial charge in [0.2, 0.25) is 0 Å². The van der Waals surface area contributed by atoms with Crippen LogP contribution in [0.15, 0.2) is 53.7 Å². The molecule has 1 saturated heterocycles. The number of hydrogen-bond acceptors (Lipinski definition) is 5. The highest BCUT2D eigenvalue weighted by Crippen LogP contribution is 2.33. The van der Waals surface area contributed by atoms with Crippen molar-refractivity contribution >= 4 is 17.9 Å². The Morgan fingerprint density at radius 3 is 2.49 bits per heavy atom. The Bertz CT molecular complexity index is 1240. The molecule has 0 aliphatic carbocycles. The molecule has 8 nitrogen and oxygen atoms in total. The monoisotopic (exact) mass is 508 g/mol. The summed E-state index contributed by atoms with van der Waals surface area (Å²) >= 11 is 0. The Morgan fingerprint density at radius 1 is 1.08 bits per heavy atom. The van der Waals surface area contributed by atoms with Crippen LogP contribution < -0.4 is 5.32 Å². The number of amides is 3. The summed E-state index contributed by atoms with van der Waals surface area (Å²) in [6, 6.07) is 10.7. The first kappa shape index (κ1) is 26.3. The third-order valence-electron chi connectivity index (χ3n) is 6.92. The number of carbonyl (C=O) groups is 3. The molecule has 0 spiro atoms. The second kappa shape index (κ2) is 11.1. The van der Waals surface area contributed by atoms with Crippen molar-refractivity contribution in [1.29, 1.82) is 0 Å². The molecule has 3 amide bonds. The van der Waals surface area contributed by atoms with Crippen LogP contribution in [0.25, 0.3) is 0 Å². The van der Waals surface area contributed by atoms with Crippen molar-refractivity contribution in [2.24, 2.45) is 0 Å². The molecule has 2 aliphatic rings. The lowest BCUT2D eigenvalue weighted by Gasteiger charge is -2.39. The highest BCUT2D eigenvalue weighted by atomic mass is 19.1. The van der Waals surface area contributed by atoms with Crippen LogP contribution in [0.4, 0.5) is 9.18 Å². The van der Waals surface area contributed by atoms with E-state index >= 15 is 0 Å².